The van der Waals surface area contributed by atoms with E-state index in [1.807, 2.05) is 22.8 Å². The molecule has 1 N–H and O–H groups in total. The summed E-state index contributed by atoms with van der Waals surface area (Å²) in [6.45, 7) is 0.817. The number of aryl methyl sites for hydroxylation is 1. The number of rotatable bonds is 3. The third-order valence-electron chi connectivity index (χ3n) is 4.77. The molecule has 22 heavy (non-hydrogen) atoms. The quantitative estimate of drug-likeness (QED) is 0.946. The average Bonchev–Trinajstić information content (AvgIpc) is 3.32. The van der Waals surface area contributed by atoms with Crippen molar-refractivity contribution in [2.24, 2.45) is 13.0 Å². The normalized spacial score (nSPS) is 21.7. The minimum atomic E-state index is 0.0347. The number of hydrogen-bond acceptors (Lipinski definition) is 3. The van der Waals surface area contributed by atoms with Crippen LogP contribution in [0, 0.1) is 11.3 Å². The zero-order valence-corrected chi connectivity index (χ0v) is 12.7. The molecule has 0 radical (unpaired) electrons. The van der Waals surface area contributed by atoms with E-state index in [1.165, 1.54) is 12.8 Å². The predicted molar refractivity (Wildman–Crippen MR) is 86.5 cm³/mol. The summed E-state index contributed by atoms with van der Waals surface area (Å²) < 4.78 is 3.53. The number of hydrogen-bond donors (Lipinski definition) is 1. The first kappa shape index (κ1) is 13.5. The van der Waals surface area contributed by atoms with Gasteiger partial charge in [-0.3, -0.25) is 9.13 Å². The van der Waals surface area contributed by atoms with E-state index in [4.69, 9.17) is 10.4 Å². The van der Waals surface area contributed by atoms with Crippen molar-refractivity contribution in [2.75, 3.05) is 0 Å². The molecule has 0 bridgehead atoms. The summed E-state index contributed by atoms with van der Waals surface area (Å²) in [7, 11) is 1.80. The second kappa shape index (κ2) is 4.93. The van der Waals surface area contributed by atoms with E-state index < -0.39 is 0 Å². The van der Waals surface area contributed by atoms with Gasteiger partial charge in [0.2, 0.25) is 0 Å². The second-order valence-electron chi connectivity index (χ2n) is 6.50. The molecule has 2 aromatic heterocycles. The molecular formula is C17H20N4O. The summed E-state index contributed by atoms with van der Waals surface area (Å²) in [4.78, 5) is 17.2. The third-order valence-corrected chi connectivity index (χ3v) is 4.77. The van der Waals surface area contributed by atoms with Crippen molar-refractivity contribution in [3.8, 4) is 0 Å². The van der Waals surface area contributed by atoms with Gasteiger partial charge in [-0.05, 0) is 49.8 Å². The van der Waals surface area contributed by atoms with Crippen molar-refractivity contribution in [3.05, 3.63) is 40.5 Å². The predicted octanol–water partition coefficient (Wildman–Crippen LogP) is 2.60. The smallest absolute Gasteiger partial charge is 0.305 e. The van der Waals surface area contributed by atoms with Crippen molar-refractivity contribution < 1.29 is 0 Å². The SMILES string of the molecule is Cn1c(=O)n(CC2CC2)c2ccc(C3C=CC(=N)CC3)nc21. The number of nitrogens with one attached hydrogen (secondary N) is 1. The van der Waals surface area contributed by atoms with Gasteiger partial charge in [-0.15, -0.1) is 0 Å². The zero-order valence-electron chi connectivity index (χ0n) is 12.7. The Kier molecular flexibility index (Phi) is 3.03. The van der Waals surface area contributed by atoms with Crippen molar-refractivity contribution in [3.63, 3.8) is 0 Å². The van der Waals surface area contributed by atoms with E-state index in [-0.39, 0.29) is 11.6 Å². The Morgan fingerprint density at radius 1 is 1.32 bits per heavy atom. The molecule has 1 fully saturated rings. The number of fused-ring (bicyclic) bond motifs is 1. The lowest BCUT2D eigenvalue weighted by Crippen LogP contribution is -2.22. The molecule has 4 rings (SSSR count). The molecule has 5 nitrogen and oxygen atoms in total. The molecule has 2 heterocycles. The number of aromatic nitrogens is 3. The van der Waals surface area contributed by atoms with Crippen molar-refractivity contribution in [1.29, 1.82) is 5.41 Å². The van der Waals surface area contributed by atoms with Gasteiger partial charge >= 0.3 is 5.69 Å². The van der Waals surface area contributed by atoms with Gasteiger partial charge in [0.25, 0.3) is 0 Å². The van der Waals surface area contributed by atoms with Crippen LogP contribution < -0.4 is 5.69 Å². The summed E-state index contributed by atoms with van der Waals surface area (Å²) >= 11 is 0. The highest BCUT2D eigenvalue weighted by Crippen LogP contribution is 2.31. The molecule has 2 aliphatic carbocycles. The average molecular weight is 296 g/mol. The molecule has 0 aromatic carbocycles. The van der Waals surface area contributed by atoms with E-state index in [0.717, 1.165) is 36.2 Å². The second-order valence-corrected chi connectivity index (χ2v) is 6.50. The molecule has 1 atom stereocenters. The lowest BCUT2D eigenvalue weighted by atomic mass is 9.92. The van der Waals surface area contributed by atoms with Crippen LogP contribution in [0.5, 0.6) is 0 Å². The fraction of sp³-hybridized carbons (Fsp3) is 0.471. The van der Waals surface area contributed by atoms with Crippen LogP contribution in [0.15, 0.2) is 29.1 Å². The number of pyridine rings is 1. The Morgan fingerprint density at radius 3 is 2.82 bits per heavy atom. The summed E-state index contributed by atoms with van der Waals surface area (Å²) in [5, 5.41) is 7.65. The van der Waals surface area contributed by atoms with Gasteiger partial charge < -0.3 is 5.41 Å². The van der Waals surface area contributed by atoms with Gasteiger partial charge in [0.05, 0.1) is 5.52 Å². The monoisotopic (exact) mass is 296 g/mol. The summed E-state index contributed by atoms with van der Waals surface area (Å²) in [5.74, 6) is 0.913. The third kappa shape index (κ3) is 2.21. The molecule has 114 valence electrons. The Labute approximate surface area is 128 Å². The molecule has 2 aliphatic rings. The Balaban J connectivity index is 1.77. The number of imidazole rings is 1. The highest BCUT2D eigenvalue weighted by atomic mass is 16.1. The molecule has 0 amide bonds. The van der Waals surface area contributed by atoms with E-state index in [0.29, 0.717) is 11.6 Å². The van der Waals surface area contributed by atoms with Crippen LogP contribution in [-0.4, -0.2) is 19.8 Å². The van der Waals surface area contributed by atoms with Crippen molar-refractivity contribution >= 4 is 16.9 Å². The first-order valence-corrected chi connectivity index (χ1v) is 7.95. The largest absolute Gasteiger partial charge is 0.330 e. The van der Waals surface area contributed by atoms with Crippen LogP contribution >= 0.6 is 0 Å². The molecule has 0 aliphatic heterocycles. The van der Waals surface area contributed by atoms with Gasteiger partial charge in [-0.2, -0.15) is 0 Å². The van der Waals surface area contributed by atoms with Gasteiger partial charge in [0, 0.05) is 30.9 Å². The van der Waals surface area contributed by atoms with E-state index in [2.05, 4.69) is 6.08 Å². The fourth-order valence-corrected chi connectivity index (χ4v) is 3.20. The van der Waals surface area contributed by atoms with Crippen LogP contribution in [0.4, 0.5) is 0 Å². The Bertz CT molecular complexity index is 838. The van der Waals surface area contributed by atoms with E-state index in [9.17, 15) is 4.79 Å². The molecule has 2 aromatic rings. The van der Waals surface area contributed by atoms with Crippen LogP contribution in [0.2, 0.25) is 0 Å². The molecule has 1 unspecified atom stereocenters. The van der Waals surface area contributed by atoms with Crippen molar-refractivity contribution in [2.45, 2.75) is 38.1 Å². The van der Waals surface area contributed by atoms with E-state index in [1.54, 1.807) is 11.6 Å². The van der Waals surface area contributed by atoms with Crippen molar-refractivity contribution in [1.82, 2.24) is 14.1 Å². The summed E-state index contributed by atoms with van der Waals surface area (Å²) in [5.41, 5.74) is 3.43. The topological polar surface area (TPSA) is 63.7 Å². The van der Waals surface area contributed by atoms with Gasteiger partial charge in [-0.25, -0.2) is 9.78 Å². The zero-order chi connectivity index (χ0) is 15.3. The fourth-order valence-electron chi connectivity index (χ4n) is 3.20. The molecule has 0 spiro atoms. The highest BCUT2D eigenvalue weighted by Gasteiger charge is 2.25. The molecular weight excluding hydrogens is 276 g/mol. The van der Waals surface area contributed by atoms with Crippen LogP contribution in [0.1, 0.15) is 37.3 Å². The lowest BCUT2D eigenvalue weighted by Gasteiger charge is -2.16. The van der Waals surface area contributed by atoms with Gasteiger partial charge in [-0.1, -0.05) is 6.08 Å². The standard InChI is InChI=1S/C17H20N4O/c1-20-16-15(21(17(20)22)10-11-2-3-11)9-8-14(19-16)12-4-6-13(18)7-5-12/h4,6,8-9,11-12,18H,2-3,5,7,10H2,1H3. The Morgan fingerprint density at radius 2 is 2.14 bits per heavy atom. The highest BCUT2D eigenvalue weighted by molar-refractivity contribution is 5.93. The summed E-state index contributed by atoms with van der Waals surface area (Å²) in [6, 6.07) is 4.07. The van der Waals surface area contributed by atoms with Crippen LogP contribution in [0.25, 0.3) is 11.2 Å². The van der Waals surface area contributed by atoms with Gasteiger partial charge in [0.1, 0.15) is 0 Å². The number of nitrogens with zero attached hydrogens (tertiary/aromatic N) is 3. The van der Waals surface area contributed by atoms with E-state index >= 15 is 0 Å². The Hall–Kier alpha value is -2.17. The minimum absolute atomic E-state index is 0.0347. The lowest BCUT2D eigenvalue weighted by molar-refractivity contribution is 0.609. The van der Waals surface area contributed by atoms with Gasteiger partial charge in [0.15, 0.2) is 5.65 Å². The maximum Gasteiger partial charge on any atom is 0.330 e. The van der Waals surface area contributed by atoms with Crippen LogP contribution in [-0.2, 0) is 13.6 Å². The number of allylic oxidation sites excluding steroid dienone is 2. The first-order valence-electron chi connectivity index (χ1n) is 7.95. The first-order chi connectivity index (χ1) is 10.6. The molecule has 0 saturated heterocycles. The molecule has 5 heteroatoms. The summed E-state index contributed by atoms with van der Waals surface area (Å²) in [6.07, 6.45) is 8.10. The maximum atomic E-state index is 12.4. The minimum Gasteiger partial charge on any atom is -0.305 e. The molecule has 1 saturated carbocycles. The van der Waals surface area contributed by atoms with Crippen LogP contribution in [0.3, 0.4) is 0 Å². The maximum absolute atomic E-state index is 12.4.